The number of hydrogen-bond acceptors (Lipinski definition) is 5. The Labute approximate surface area is 96.5 Å². The summed E-state index contributed by atoms with van der Waals surface area (Å²) < 4.78 is 4.27. The molecule has 4 N–H and O–H groups in total. The number of methoxy groups -OCH3 is 1. The molecule has 0 aliphatic rings. The molecule has 0 fully saturated rings. The van der Waals surface area contributed by atoms with Gasteiger partial charge >= 0.3 is 18.0 Å². The summed E-state index contributed by atoms with van der Waals surface area (Å²) in [5.74, 6) is -2.47. The number of carboxylic acids is 1. The first-order valence-corrected chi connectivity index (χ1v) is 4.52. The third-order valence-corrected chi connectivity index (χ3v) is 1.47. The van der Waals surface area contributed by atoms with E-state index in [4.69, 9.17) is 5.11 Å². The molecular weight excluding hydrogens is 234 g/mol. The number of ether oxygens (including phenoxy) is 1. The van der Waals surface area contributed by atoms with Gasteiger partial charge in [-0.3, -0.25) is 14.4 Å². The van der Waals surface area contributed by atoms with Crippen LogP contribution >= 0.6 is 0 Å². The number of aliphatic carboxylic acids is 1. The Balaban J connectivity index is 3.66. The molecule has 0 aliphatic carbocycles. The average molecular weight is 247 g/mol. The number of carbonyl (C=O) groups is 4. The van der Waals surface area contributed by atoms with Gasteiger partial charge < -0.3 is 25.8 Å². The van der Waals surface area contributed by atoms with Crippen molar-refractivity contribution in [3.63, 3.8) is 0 Å². The second-order valence-electron chi connectivity index (χ2n) is 2.78. The molecule has 0 aromatic rings. The average Bonchev–Trinajstić information content (AvgIpc) is 2.30. The molecule has 0 radical (unpaired) electrons. The number of amides is 3. The molecule has 0 aromatic carbocycles. The van der Waals surface area contributed by atoms with Crippen LogP contribution in [0.4, 0.5) is 4.79 Å². The standard InChI is InChI=1S/C8H13N3O6/c1-17-7(15)4-11-8(16)10-2-5(12)9-3-6(13)14/h2-4H2,1H3,(H,9,12)(H,13,14)(H2,10,11,16). The molecule has 0 saturated carbocycles. The van der Waals surface area contributed by atoms with E-state index in [-0.39, 0.29) is 13.1 Å². The van der Waals surface area contributed by atoms with Crippen molar-refractivity contribution in [1.82, 2.24) is 16.0 Å². The predicted octanol–water partition coefficient (Wildman–Crippen LogP) is -2.34. The summed E-state index contributed by atoms with van der Waals surface area (Å²) in [5, 5.41) is 14.5. The quantitative estimate of drug-likeness (QED) is 0.388. The van der Waals surface area contributed by atoms with Gasteiger partial charge in [0.25, 0.3) is 0 Å². The van der Waals surface area contributed by atoms with E-state index in [2.05, 4.69) is 15.4 Å². The van der Waals surface area contributed by atoms with Crippen molar-refractivity contribution < 1.29 is 29.0 Å². The highest BCUT2D eigenvalue weighted by Gasteiger charge is 2.07. The normalized spacial score (nSPS) is 9.00. The number of urea groups is 1. The summed E-state index contributed by atoms with van der Waals surface area (Å²) in [7, 11) is 1.17. The number of esters is 1. The Morgan fingerprint density at radius 3 is 2.12 bits per heavy atom. The maximum atomic E-state index is 11.0. The minimum absolute atomic E-state index is 0.320. The van der Waals surface area contributed by atoms with Crippen LogP contribution in [0.3, 0.4) is 0 Å². The van der Waals surface area contributed by atoms with Gasteiger partial charge in [-0.2, -0.15) is 0 Å². The number of rotatable bonds is 6. The van der Waals surface area contributed by atoms with Gasteiger partial charge in [-0.05, 0) is 0 Å². The Morgan fingerprint density at radius 1 is 1.00 bits per heavy atom. The van der Waals surface area contributed by atoms with E-state index in [0.29, 0.717) is 0 Å². The minimum atomic E-state index is -1.19. The SMILES string of the molecule is COC(=O)CNC(=O)NCC(=O)NCC(=O)O. The summed E-state index contributed by atoms with van der Waals surface area (Å²) in [5.41, 5.74) is 0. The van der Waals surface area contributed by atoms with Crippen LogP contribution in [-0.4, -0.2) is 55.7 Å². The first-order valence-electron chi connectivity index (χ1n) is 4.52. The maximum Gasteiger partial charge on any atom is 0.325 e. The van der Waals surface area contributed by atoms with E-state index in [9.17, 15) is 19.2 Å². The van der Waals surface area contributed by atoms with E-state index in [1.165, 1.54) is 7.11 Å². The van der Waals surface area contributed by atoms with Gasteiger partial charge in [-0.1, -0.05) is 0 Å². The minimum Gasteiger partial charge on any atom is -0.480 e. The van der Waals surface area contributed by atoms with Crippen molar-refractivity contribution in [2.24, 2.45) is 0 Å². The lowest BCUT2D eigenvalue weighted by molar-refractivity contribution is -0.139. The number of carbonyl (C=O) groups excluding carboxylic acids is 3. The molecule has 0 saturated heterocycles. The van der Waals surface area contributed by atoms with Gasteiger partial charge in [0.15, 0.2) is 0 Å². The molecule has 0 aliphatic heterocycles. The highest BCUT2D eigenvalue weighted by Crippen LogP contribution is 1.72. The molecule has 96 valence electrons. The third-order valence-electron chi connectivity index (χ3n) is 1.47. The van der Waals surface area contributed by atoms with E-state index in [1.807, 2.05) is 5.32 Å². The number of nitrogens with one attached hydrogen (secondary N) is 3. The number of carboxylic acid groups (broad SMARTS) is 1. The van der Waals surface area contributed by atoms with E-state index >= 15 is 0 Å². The topological polar surface area (TPSA) is 134 Å². The van der Waals surface area contributed by atoms with Crippen LogP contribution in [0.25, 0.3) is 0 Å². The van der Waals surface area contributed by atoms with Gasteiger partial charge in [0, 0.05) is 0 Å². The highest BCUT2D eigenvalue weighted by atomic mass is 16.5. The third kappa shape index (κ3) is 8.66. The number of hydrogen-bond donors (Lipinski definition) is 4. The van der Waals surface area contributed by atoms with Crippen molar-refractivity contribution in [2.75, 3.05) is 26.7 Å². The molecule has 0 heterocycles. The van der Waals surface area contributed by atoms with Crippen LogP contribution in [-0.2, 0) is 19.1 Å². The zero-order valence-corrected chi connectivity index (χ0v) is 9.11. The van der Waals surface area contributed by atoms with Crippen molar-refractivity contribution >= 4 is 23.9 Å². The highest BCUT2D eigenvalue weighted by molar-refractivity contribution is 5.87. The summed E-state index contributed by atoms with van der Waals surface area (Å²) in [4.78, 5) is 42.6. The molecule has 3 amide bonds. The van der Waals surface area contributed by atoms with Crippen LogP contribution in [0.5, 0.6) is 0 Å². The first kappa shape index (κ1) is 14.7. The van der Waals surface area contributed by atoms with E-state index < -0.39 is 30.4 Å². The molecular formula is C8H13N3O6. The fourth-order valence-corrected chi connectivity index (χ4v) is 0.684. The van der Waals surface area contributed by atoms with Gasteiger partial charge in [-0.25, -0.2) is 4.79 Å². The molecule has 17 heavy (non-hydrogen) atoms. The largest absolute Gasteiger partial charge is 0.480 e. The van der Waals surface area contributed by atoms with Gasteiger partial charge in [-0.15, -0.1) is 0 Å². The molecule has 0 atom stereocenters. The predicted molar refractivity (Wildman–Crippen MR) is 54.1 cm³/mol. The molecule has 0 aromatic heterocycles. The zero-order valence-electron chi connectivity index (χ0n) is 9.11. The van der Waals surface area contributed by atoms with Crippen molar-refractivity contribution in [3.8, 4) is 0 Å². The van der Waals surface area contributed by atoms with Crippen LogP contribution in [0.2, 0.25) is 0 Å². The second-order valence-corrected chi connectivity index (χ2v) is 2.78. The molecule has 9 nitrogen and oxygen atoms in total. The van der Waals surface area contributed by atoms with Crippen LogP contribution in [0, 0.1) is 0 Å². The molecule has 9 heteroatoms. The smallest absolute Gasteiger partial charge is 0.325 e. The van der Waals surface area contributed by atoms with Gasteiger partial charge in [0.2, 0.25) is 5.91 Å². The first-order chi connectivity index (χ1) is 7.95. The molecule has 0 unspecified atom stereocenters. The zero-order chi connectivity index (χ0) is 13.3. The summed E-state index contributed by atoms with van der Waals surface area (Å²) in [6.45, 7) is -1.23. The van der Waals surface area contributed by atoms with Gasteiger partial charge in [0.1, 0.15) is 13.1 Å². The monoisotopic (exact) mass is 247 g/mol. The summed E-state index contributed by atoms with van der Waals surface area (Å²) in [6.07, 6.45) is 0. The Hall–Kier alpha value is -2.32. The fraction of sp³-hybridized carbons (Fsp3) is 0.500. The summed E-state index contributed by atoms with van der Waals surface area (Å²) >= 11 is 0. The van der Waals surface area contributed by atoms with Crippen LogP contribution < -0.4 is 16.0 Å². The van der Waals surface area contributed by atoms with Crippen molar-refractivity contribution in [3.05, 3.63) is 0 Å². The summed E-state index contributed by atoms with van der Waals surface area (Å²) in [6, 6.07) is -0.735. The lowest BCUT2D eigenvalue weighted by atomic mass is 10.5. The van der Waals surface area contributed by atoms with Crippen LogP contribution in [0.1, 0.15) is 0 Å². The molecule has 0 bridgehead atoms. The van der Waals surface area contributed by atoms with E-state index in [1.54, 1.807) is 0 Å². The maximum absolute atomic E-state index is 11.0. The Morgan fingerprint density at radius 2 is 1.59 bits per heavy atom. The van der Waals surface area contributed by atoms with Gasteiger partial charge in [0.05, 0.1) is 13.7 Å². The van der Waals surface area contributed by atoms with E-state index in [0.717, 1.165) is 0 Å². The molecule has 0 rings (SSSR count). The second kappa shape index (κ2) is 7.91. The Kier molecular flexibility index (Phi) is 6.83. The van der Waals surface area contributed by atoms with Crippen molar-refractivity contribution in [1.29, 1.82) is 0 Å². The lowest BCUT2D eigenvalue weighted by Gasteiger charge is -2.06. The molecule has 0 spiro atoms. The Bertz CT molecular complexity index is 316. The van der Waals surface area contributed by atoms with Crippen LogP contribution in [0.15, 0.2) is 0 Å². The lowest BCUT2D eigenvalue weighted by Crippen LogP contribution is -2.44. The van der Waals surface area contributed by atoms with Crippen molar-refractivity contribution in [2.45, 2.75) is 0 Å². The fourth-order valence-electron chi connectivity index (χ4n) is 0.684.